The Morgan fingerprint density at radius 1 is 1.18 bits per heavy atom. The van der Waals surface area contributed by atoms with Crippen molar-refractivity contribution in [3.63, 3.8) is 0 Å². The van der Waals surface area contributed by atoms with Crippen LogP contribution in [0, 0.1) is 5.92 Å². The minimum absolute atomic E-state index is 0.00785. The topological polar surface area (TPSA) is 86.3 Å². The molecule has 1 aliphatic rings. The van der Waals surface area contributed by atoms with Crippen LogP contribution in [-0.2, 0) is 6.18 Å². The van der Waals surface area contributed by atoms with Gasteiger partial charge in [-0.15, -0.1) is 0 Å². The number of rotatable bonds is 6. The molecule has 11 heteroatoms. The third-order valence-electron chi connectivity index (χ3n) is 7.14. The lowest BCUT2D eigenvalue weighted by atomic mass is 9.97. The lowest BCUT2D eigenvalue weighted by molar-refractivity contribution is -0.137. The van der Waals surface area contributed by atoms with Crippen molar-refractivity contribution < 1.29 is 22.7 Å². The van der Waals surface area contributed by atoms with Crippen molar-refractivity contribution in [1.29, 1.82) is 0 Å². The zero-order chi connectivity index (χ0) is 27.9. The normalized spacial score (nSPS) is 14.9. The second kappa shape index (κ2) is 10.6. The van der Waals surface area contributed by atoms with Crippen molar-refractivity contribution in [3.05, 3.63) is 58.6 Å². The fourth-order valence-electron chi connectivity index (χ4n) is 4.90. The molecule has 5 rings (SSSR count). The Labute approximate surface area is 228 Å². The van der Waals surface area contributed by atoms with Gasteiger partial charge in [0.05, 0.1) is 23.9 Å². The van der Waals surface area contributed by atoms with Gasteiger partial charge < -0.3 is 15.4 Å². The van der Waals surface area contributed by atoms with E-state index in [4.69, 9.17) is 15.5 Å². The molecule has 3 heterocycles. The molecule has 0 saturated carbocycles. The molecule has 39 heavy (non-hydrogen) atoms. The number of methoxy groups -OCH3 is 1. The fraction of sp³-hybridized carbons (Fsp3) is 0.393. The summed E-state index contributed by atoms with van der Waals surface area (Å²) in [4.78, 5) is 21.1. The molecule has 7 nitrogen and oxygen atoms in total. The molecule has 1 amide bonds. The molecule has 0 atom stereocenters. The van der Waals surface area contributed by atoms with Gasteiger partial charge >= 0.3 is 6.18 Å². The van der Waals surface area contributed by atoms with Crippen LogP contribution >= 0.6 is 11.3 Å². The number of piperidine rings is 1. The number of fused-ring (bicyclic) bond motifs is 1. The van der Waals surface area contributed by atoms with E-state index in [1.165, 1.54) is 22.1 Å². The summed E-state index contributed by atoms with van der Waals surface area (Å²) in [5, 5.41) is 5.22. The maximum absolute atomic E-state index is 13.7. The van der Waals surface area contributed by atoms with Crippen molar-refractivity contribution >= 4 is 28.1 Å². The van der Waals surface area contributed by atoms with Crippen LogP contribution in [0.2, 0.25) is 0 Å². The quantitative estimate of drug-likeness (QED) is 0.309. The summed E-state index contributed by atoms with van der Waals surface area (Å²) < 4.78 is 47.8. The summed E-state index contributed by atoms with van der Waals surface area (Å²) in [5.74, 6) is 0.760. The maximum Gasteiger partial charge on any atom is 0.416 e. The zero-order valence-corrected chi connectivity index (χ0v) is 22.8. The predicted molar refractivity (Wildman–Crippen MR) is 146 cm³/mol. The molecule has 1 fully saturated rings. The van der Waals surface area contributed by atoms with Crippen LogP contribution in [0.15, 0.2) is 42.5 Å². The molecule has 0 bridgehead atoms. The average molecular weight is 558 g/mol. The van der Waals surface area contributed by atoms with Crippen LogP contribution in [0.5, 0.6) is 5.75 Å². The van der Waals surface area contributed by atoms with E-state index < -0.39 is 11.7 Å². The first-order chi connectivity index (χ1) is 18.6. The number of alkyl halides is 3. The lowest BCUT2D eigenvalue weighted by Crippen LogP contribution is -2.40. The number of benzene rings is 2. The molecule has 4 aromatic rings. The number of thiazole rings is 1. The summed E-state index contributed by atoms with van der Waals surface area (Å²) in [6.07, 6.45) is -3.05. The van der Waals surface area contributed by atoms with Gasteiger partial charge in [0, 0.05) is 28.9 Å². The first kappa shape index (κ1) is 27.1. The standard InChI is InChI=1S/C28H30F3N5O2S/c1-16(2)25-23(18-5-4-6-20(13-18)38-3)33-27(39-25)36-22-8-7-19(28(29,30)31)14-21(22)24(34-36)26(37)35-11-9-17(15-32)10-12-35/h4-8,13-14,16-17H,9-12,15,32H2,1-3H3. The largest absolute Gasteiger partial charge is 0.497 e. The monoisotopic (exact) mass is 557 g/mol. The van der Waals surface area contributed by atoms with Crippen LogP contribution in [0.3, 0.4) is 0 Å². The molecule has 2 aromatic heterocycles. The highest BCUT2D eigenvalue weighted by Gasteiger charge is 2.33. The zero-order valence-electron chi connectivity index (χ0n) is 22.0. The molecule has 1 saturated heterocycles. The molecule has 2 aromatic carbocycles. The molecular formula is C28H30F3N5O2S. The summed E-state index contributed by atoms with van der Waals surface area (Å²) >= 11 is 1.40. The molecule has 0 aliphatic carbocycles. The lowest BCUT2D eigenvalue weighted by Gasteiger charge is -2.30. The van der Waals surface area contributed by atoms with Gasteiger partial charge in [0.1, 0.15) is 5.75 Å². The smallest absolute Gasteiger partial charge is 0.416 e. The minimum atomic E-state index is -4.55. The molecule has 2 N–H and O–H groups in total. The number of aromatic nitrogens is 3. The second-order valence-corrected chi connectivity index (χ2v) is 11.1. The van der Waals surface area contributed by atoms with E-state index in [9.17, 15) is 18.0 Å². The van der Waals surface area contributed by atoms with E-state index in [1.807, 2.05) is 24.3 Å². The first-order valence-corrected chi connectivity index (χ1v) is 13.7. The minimum Gasteiger partial charge on any atom is -0.497 e. The summed E-state index contributed by atoms with van der Waals surface area (Å²) in [6.45, 7) is 5.63. The summed E-state index contributed by atoms with van der Waals surface area (Å²) in [6, 6.07) is 10.9. The van der Waals surface area contributed by atoms with Crippen LogP contribution in [-0.4, -0.2) is 52.3 Å². The summed E-state index contributed by atoms with van der Waals surface area (Å²) in [5.41, 5.74) is 6.95. The molecule has 206 valence electrons. The number of nitrogens with zero attached hydrogens (tertiary/aromatic N) is 4. The Morgan fingerprint density at radius 2 is 1.92 bits per heavy atom. The van der Waals surface area contributed by atoms with Gasteiger partial charge in [0.15, 0.2) is 5.69 Å². The highest BCUT2D eigenvalue weighted by atomic mass is 32.1. The van der Waals surface area contributed by atoms with Gasteiger partial charge in [-0.1, -0.05) is 37.3 Å². The number of hydrogen-bond donors (Lipinski definition) is 1. The van der Waals surface area contributed by atoms with E-state index in [-0.39, 0.29) is 22.9 Å². The third kappa shape index (κ3) is 5.25. The summed E-state index contributed by atoms with van der Waals surface area (Å²) in [7, 11) is 1.59. The van der Waals surface area contributed by atoms with Crippen molar-refractivity contribution in [2.75, 3.05) is 26.7 Å². The highest BCUT2D eigenvalue weighted by molar-refractivity contribution is 7.14. The van der Waals surface area contributed by atoms with E-state index in [0.717, 1.165) is 41.1 Å². The molecule has 0 radical (unpaired) electrons. The Balaban J connectivity index is 1.64. The number of halogens is 3. The van der Waals surface area contributed by atoms with Crippen molar-refractivity contribution in [1.82, 2.24) is 19.7 Å². The van der Waals surface area contributed by atoms with Gasteiger partial charge in [-0.2, -0.15) is 18.3 Å². The van der Waals surface area contributed by atoms with Gasteiger partial charge in [-0.25, -0.2) is 9.67 Å². The van der Waals surface area contributed by atoms with Crippen LogP contribution in [0.1, 0.15) is 53.5 Å². The Kier molecular flexibility index (Phi) is 7.39. The molecule has 0 spiro atoms. The van der Waals surface area contributed by atoms with Crippen molar-refractivity contribution in [2.24, 2.45) is 11.7 Å². The van der Waals surface area contributed by atoms with E-state index in [1.54, 1.807) is 12.0 Å². The van der Waals surface area contributed by atoms with Crippen LogP contribution in [0.25, 0.3) is 27.3 Å². The predicted octanol–water partition coefficient (Wildman–Crippen LogP) is 6.11. The number of ether oxygens (including phenoxy) is 1. The second-order valence-electron chi connectivity index (χ2n) is 10.1. The SMILES string of the molecule is COc1cccc(-c2nc(-n3nc(C(=O)N4CCC(CN)CC4)c4cc(C(F)(F)F)ccc43)sc2C(C)C)c1. The van der Waals surface area contributed by atoms with Gasteiger partial charge in [0.25, 0.3) is 5.91 Å². The number of carbonyl (C=O) groups is 1. The molecule has 0 unspecified atom stereocenters. The Morgan fingerprint density at radius 3 is 2.56 bits per heavy atom. The highest BCUT2D eigenvalue weighted by Crippen LogP contribution is 2.39. The number of carbonyl (C=O) groups excluding carboxylic acids is 1. The van der Waals surface area contributed by atoms with Gasteiger partial charge in [0.2, 0.25) is 5.13 Å². The first-order valence-electron chi connectivity index (χ1n) is 12.9. The van der Waals surface area contributed by atoms with Crippen molar-refractivity contribution in [3.8, 4) is 22.1 Å². The number of hydrogen-bond acceptors (Lipinski definition) is 6. The van der Waals surface area contributed by atoms with Gasteiger partial charge in [-0.05, 0) is 61.6 Å². The maximum atomic E-state index is 13.7. The fourth-order valence-corrected chi connectivity index (χ4v) is 5.95. The number of amides is 1. The van der Waals surface area contributed by atoms with Gasteiger partial charge in [-0.3, -0.25) is 4.79 Å². The number of likely N-dealkylation sites (tertiary alicyclic amines) is 1. The number of nitrogens with two attached hydrogens (primary N) is 1. The molecule has 1 aliphatic heterocycles. The molecular weight excluding hydrogens is 527 g/mol. The van der Waals surface area contributed by atoms with E-state index >= 15 is 0 Å². The van der Waals surface area contributed by atoms with Crippen molar-refractivity contribution in [2.45, 2.75) is 38.8 Å². The third-order valence-corrected chi connectivity index (χ3v) is 8.47. The Hall–Kier alpha value is -3.44. The Bertz CT molecular complexity index is 1500. The average Bonchev–Trinajstić information content (AvgIpc) is 3.54. The van der Waals surface area contributed by atoms with E-state index in [0.29, 0.717) is 41.9 Å². The van der Waals surface area contributed by atoms with Crippen LogP contribution < -0.4 is 10.5 Å². The van der Waals surface area contributed by atoms with Crippen LogP contribution in [0.4, 0.5) is 13.2 Å². The van der Waals surface area contributed by atoms with E-state index in [2.05, 4.69) is 18.9 Å².